The maximum absolute atomic E-state index is 12.1. The third-order valence-electron chi connectivity index (χ3n) is 4.59. The molecule has 1 aromatic carbocycles. The molecular formula is C19H22N2O2S2. The number of carbonyl (C=O) groups excluding carboxylic acids is 1. The molecular weight excluding hydrogens is 352 g/mol. The Morgan fingerprint density at radius 1 is 1.32 bits per heavy atom. The van der Waals surface area contributed by atoms with Crippen molar-refractivity contribution in [1.82, 2.24) is 0 Å². The molecule has 4 nitrogen and oxygen atoms in total. The first kappa shape index (κ1) is 17.9. The van der Waals surface area contributed by atoms with Crippen LogP contribution >= 0.6 is 23.6 Å². The van der Waals surface area contributed by atoms with Gasteiger partial charge in [-0.25, -0.2) is 4.79 Å². The number of fused-ring (bicyclic) bond motifs is 1. The van der Waals surface area contributed by atoms with Gasteiger partial charge in [0.1, 0.15) is 5.00 Å². The largest absolute Gasteiger partial charge is 0.465 e. The van der Waals surface area contributed by atoms with E-state index in [1.54, 1.807) is 0 Å². The lowest BCUT2D eigenvalue weighted by Crippen LogP contribution is -2.38. The number of hydrogen-bond donors (Lipinski definition) is 1. The number of anilines is 2. The van der Waals surface area contributed by atoms with Gasteiger partial charge in [-0.1, -0.05) is 17.7 Å². The van der Waals surface area contributed by atoms with E-state index in [2.05, 4.69) is 35.3 Å². The Hall–Kier alpha value is -1.92. The Morgan fingerprint density at radius 3 is 2.80 bits per heavy atom. The summed E-state index contributed by atoms with van der Waals surface area (Å²) in [5, 5.41) is 4.66. The third-order valence-corrected chi connectivity index (χ3v) is 6.04. The molecule has 2 aromatic rings. The smallest absolute Gasteiger partial charge is 0.341 e. The van der Waals surface area contributed by atoms with Crippen LogP contribution in [0.4, 0.5) is 10.7 Å². The van der Waals surface area contributed by atoms with Crippen molar-refractivity contribution in [3.05, 3.63) is 45.3 Å². The van der Waals surface area contributed by atoms with Crippen molar-refractivity contribution in [3.8, 4) is 0 Å². The molecule has 0 atom stereocenters. The number of thiocarbonyl (C=S) groups is 1. The van der Waals surface area contributed by atoms with Crippen LogP contribution in [0.2, 0.25) is 0 Å². The normalized spacial score (nSPS) is 13.4. The summed E-state index contributed by atoms with van der Waals surface area (Å²) in [4.78, 5) is 15.4. The van der Waals surface area contributed by atoms with Crippen molar-refractivity contribution in [1.29, 1.82) is 0 Å². The fourth-order valence-electron chi connectivity index (χ4n) is 3.16. The van der Waals surface area contributed by atoms with Gasteiger partial charge in [-0.2, -0.15) is 0 Å². The van der Waals surface area contributed by atoms with Crippen LogP contribution in [-0.4, -0.2) is 24.7 Å². The summed E-state index contributed by atoms with van der Waals surface area (Å²) in [6.45, 7) is 6.92. The minimum atomic E-state index is -0.332. The second-order valence-electron chi connectivity index (χ2n) is 6.30. The van der Waals surface area contributed by atoms with Crippen molar-refractivity contribution in [2.75, 3.05) is 23.9 Å². The number of ether oxygens (including phenoxy) is 1. The highest BCUT2D eigenvalue weighted by molar-refractivity contribution is 7.80. The fourth-order valence-corrected chi connectivity index (χ4v) is 4.57. The molecule has 2 heterocycles. The van der Waals surface area contributed by atoms with Gasteiger partial charge in [0.15, 0.2) is 5.11 Å². The Balaban J connectivity index is 1.90. The van der Waals surface area contributed by atoms with Gasteiger partial charge in [0, 0.05) is 17.1 Å². The zero-order valence-corrected chi connectivity index (χ0v) is 16.6. The standard InChI is InChI=1S/C19H22N2O2S2/c1-11-7-8-15-14(10-11)6-5-9-21(15)19(24)20-17-16(18(22)23-4)12(2)13(3)25-17/h7-8,10H,5-6,9H2,1-4H3,(H,20,24). The molecule has 3 rings (SSSR count). The maximum atomic E-state index is 12.1. The van der Waals surface area contributed by atoms with Gasteiger partial charge in [0.05, 0.1) is 12.7 Å². The van der Waals surface area contributed by atoms with E-state index in [-0.39, 0.29) is 5.97 Å². The number of methoxy groups -OCH3 is 1. The zero-order chi connectivity index (χ0) is 18.1. The SMILES string of the molecule is COC(=O)c1c(NC(=S)N2CCCc3cc(C)ccc32)sc(C)c1C. The van der Waals surface area contributed by atoms with Crippen molar-refractivity contribution in [3.63, 3.8) is 0 Å². The van der Waals surface area contributed by atoms with Gasteiger partial charge in [-0.15, -0.1) is 11.3 Å². The van der Waals surface area contributed by atoms with Gasteiger partial charge >= 0.3 is 5.97 Å². The molecule has 1 aromatic heterocycles. The van der Waals surface area contributed by atoms with E-state index in [9.17, 15) is 4.79 Å². The van der Waals surface area contributed by atoms with Crippen LogP contribution in [0.15, 0.2) is 18.2 Å². The number of nitrogens with one attached hydrogen (secondary N) is 1. The van der Waals surface area contributed by atoms with Crippen molar-refractivity contribution in [2.45, 2.75) is 33.6 Å². The molecule has 0 bridgehead atoms. The van der Waals surface area contributed by atoms with Crippen molar-refractivity contribution < 1.29 is 9.53 Å². The number of esters is 1. The van der Waals surface area contributed by atoms with Crippen LogP contribution in [0, 0.1) is 20.8 Å². The quantitative estimate of drug-likeness (QED) is 0.614. The summed E-state index contributed by atoms with van der Waals surface area (Å²) in [6, 6.07) is 6.46. The zero-order valence-electron chi connectivity index (χ0n) is 14.9. The number of aryl methyl sites for hydroxylation is 3. The Kier molecular flexibility index (Phi) is 5.11. The van der Waals surface area contributed by atoms with Crippen LogP contribution in [-0.2, 0) is 11.2 Å². The minimum Gasteiger partial charge on any atom is -0.465 e. The Bertz CT molecular complexity index is 842. The molecule has 0 saturated carbocycles. The van der Waals surface area contributed by atoms with Gasteiger partial charge in [0.2, 0.25) is 0 Å². The first-order valence-corrected chi connectivity index (χ1v) is 9.51. The summed E-state index contributed by atoms with van der Waals surface area (Å²) in [6.07, 6.45) is 2.13. The molecule has 1 N–H and O–H groups in total. The van der Waals surface area contributed by atoms with Crippen LogP contribution in [0.25, 0.3) is 0 Å². The van der Waals surface area contributed by atoms with E-state index in [1.807, 2.05) is 13.8 Å². The average molecular weight is 375 g/mol. The average Bonchev–Trinajstić information content (AvgIpc) is 2.87. The van der Waals surface area contributed by atoms with Crippen molar-refractivity contribution >= 4 is 45.3 Å². The van der Waals surface area contributed by atoms with Crippen molar-refractivity contribution in [2.24, 2.45) is 0 Å². The molecule has 0 saturated heterocycles. The number of benzene rings is 1. The molecule has 1 aliphatic rings. The molecule has 0 aliphatic carbocycles. The molecule has 25 heavy (non-hydrogen) atoms. The summed E-state index contributed by atoms with van der Waals surface area (Å²) < 4.78 is 4.94. The van der Waals surface area contributed by atoms with E-state index in [4.69, 9.17) is 17.0 Å². The van der Waals surface area contributed by atoms with Crippen LogP contribution in [0.5, 0.6) is 0 Å². The predicted molar refractivity (Wildman–Crippen MR) is 108 cm³/mol. The molecule has 0 spiro atoms. The highest BCUT2D eigenvalue weighted by Gasteiger charge is 2.24. The first-order chi connectivity index (χ1) is 11.9. The summed E-state index contributed by atoms with van der Waals surface area (Å²) in [5.74, 6) is -0.332. The second-order valence-corrected chi connectivity index (χ2v) is 7.91. The molecule has 0 unspecified atom stereocenters. The summed E-state index contributed by atoms with van der Waals surface area (Å²) >= 11 is 7.20. The van der Waals surface area contributed by atoms with Gasteiger partial charge in [-0.05, 0) is 63.0 Å². The van der Waals surface area contributed by atoms with E-state index >= 15 is 0 Å². The second kappa shape index (κ2) is 7.14. The molecule has 0 radical (unpaired) electrons. The highest BCUT2D eigenvalue weighted by Crippen LogP contribution is 2.34. The van der Waals surface area contributed by atoms with E-state index in [0.29, 0.717) is 10.7 Å². The monoisotopic (exact) mass is 374 g/mol. The Morgan fingerprint density at radius 2 is 2.08 bits per heavy atom. The first-order valence-electron chi connectivity index (χ1n) is 8.28. The minimum absolute atomic E-state index is 0.332. The predicted octanol–water partition coefficient (Wildman–Crippen LogP) is 4.61. The summed E-state index contributed by atoms with van der Waals surface area (Å²) in [7, 11) is 1.40. The van der Waals surface area contributed by atoms with Gasteiger partial charge in [-0.3, -0.25) is 0 Å². The number of nitrogens with zero attached hydrogens (tertiary/aromatic N) is 1. The molecule has 132 valence electrons. The summed E-state index contributed by atoms with van der Waals surface area (Å²) in [5.41, 5.74) is 5.25. The van der Waals surface area contributed by atoms with Crippen LogP contribution in [0.3, 0.4) is 0 Å². The molecule has 6 heteroatoms. The number of carbonyl (C=O) groups is 1. The molecule has 0 amide bonds. The maximum Gasteiger partial charge on any atom is 0.341 e. The number of hydrogen-bond acceptors (Lipinski definition) is 4. The Labute approximate surface area is 157 Å². The lowest BCUT2D eigenvalue weighted by atomic mass is 10.00. The highest BCUT2D eigenvalue weighted by atomic mass is 32.1. The van der Waals surface area contributed by atoms with E-state index in [1.165, 1.54) is 29.6 Å². The lowest BCUT2D eigenvalue weighted by molar-refractivity contribution is 0.0601. The third kappa shape index (κ3) is 3.41. The van der Waals surface area contributed by atoms with Crippen LogP contribution < -0.4 is 10.2 Å². The van der Waals surface area contributed by atoms with Gasteiger partial charge in [0.25, 0.3) is 0 Å². The van der Waals surface area contributed by atoms with Crippen LogP contribution in [0.1, 0.15) is 38.3 Å². The lowest BCUT2D eigenvalue weighted by Gasteiger charge is -2.32. The van der Waals surface area contributed by atoms with Gasteiger partial charge < -0.3 is 15.0 Å². The molecule has 0 fully saturated rings. The topological polar surface area (TPSA) is 41.6 Å². The number of rotatable bonds is 2. The fraction of sp³-hybridized carbons (Fsp3) is 0.368. The molecule has 1 aliphatic heterocycles. The van der Waals surface area contributed by atoms with E-state index < -0.39 is 0 Å². The number of thiophene rings is 1. The van der Waals surface area contributed by atoms with E-state index in [0.717, 1.165) is 40.5 Å².